The molecule has 1 aliphatic carbocycles. The van der Waals surface area contributed by atoms with Gasteiger partial charge in [0.1, 0.15) is 5.82 Å². The minimum absolute atomic E-state index is 0.100. The van der Waals surface area contributed by atoms with Crippen molar-refractivity contribution < 1.29 is 22.4 Å². The van der Waals surface area contributed by atoms with Crippen molar-refractivity contribution in [3.8, 4) is 11.1 Å². The molecule has 2 heterocycles. The lowest BCUT2D eigenvalue weighted by Gasteiger charge is -2.08. The molecule has 5 nitrogen and oxygen atoms in total. The fourth-order valence-electron chi connectivity index (χ4n) is 3.17. The van der Waals surface area contributed by atoms with E-state index < -0.39 is 24.3 Å². The van der Waals surface area contributed by atoms with E-state index >= 15 is 0 Å². The maximum Gasteiger partial charge on any atom is 0.393 e. The highest BCUT2D eigenvalue weighted by molar-refractivity contribution is 6.02. The average molecular weight is 430 g/mol. The van der Waals surface area contributed by atoms with Crippen molar-refractivity contribution >= 4 is 17.7 Å². The number of hydrogen-bond acceptors (Lipinski definition) is 3. The van der Waals surface area contributed by atoms with Crippen LogP contribution in [0, 0.1) is 5.82 Å². The lowest BCUT2D eigenvalue weighted by molar-refractivity contribution is -0.127. The third-order valence-electron chi connectivity index (χ3n) is 4.78. The number of rotatable bonds is 6. The van der Waals surface area contributed by atoms with Gasteiger partial charge in [0, 0.05) is 40.8 Å². The van der Waals surface area contributed by atoms with E-state index in [9.17, 15) is 22.4 Å². The van der Waals surface area contributed by atoms with Crippen molar-refractivity contribution in [1.29, 1.82) is 0 Å². The fourth-order valence-corrected chi connectivity index (χ4v) is 3.17. The number of halogens is 4. The zero-order valence-electron chi connectivity index (χ0n) is 16.2. The largest absolute Gasteiger partial charge is 0.393 e. The normalized spacial score (nSPS) is 14.2. The molecule has 31 heavy (non-hydrogen) atoms. The lowest BCUT2D eigenvalue weighted by Crippen LogP contribution is -2.12. The minimum atomic E-state index is -4.29. The first-order chi connectivity index (χ1) is 14.8. The number of benzene rings is 1. The van der Waals surface area contributed by atoms with Gasteiger partial charge in [0.15, 0.2) is 0 Å². The molecule has 1 saturated carbocycles. The van der Waals surface area contributed by atoms with Crippen molar-refractivity contribution in [1.82, 2.24) is 14.8 Å². The predicted octanol–water partition coefficient (Wildman–Crippen LogP) is 5.18. The summed E-state index contributed by atoms with van der Waals surface area (Å²) in [6.45, 7) is 0. The second-order valence-electron chi connectivity index (χ2n) is 7.34. The Morgan fingerprint density at radius 2 is 1.90 bits per heavy atom. The van der Waals surface area contributed by atoms with Gasteiger partial charge in [0.05, 0.1) is 24.9 Å². The van der Waals surface area contributed by atoms with Crippen LogP contribution >= 0.6 is 0 Å². The molecule has 1 amide bonds. The number of amides is 1. The van der Waals surface area contributed by atoms with Crippen LogP contribution in [-0.2, 0) is 11.2 Å². The molecule has 0 aliphatic heterocycles. The van der Waals surface area contributed by atoms with E-state index in [1.807, 2.05) is 0 Å². The number of aromatic nitrogens is 3. The molecule has 0 bridgehead atoms. The van der Waals surface area contributed by atoms with Crippen LogP contribution in [0.3, 0.4) is 0 Å². The number of anilines is 1. The van der Waals surface area contributed by atoms with Crippen molar-refractivity contribution in [3.63, 3.8) is 0 Å². The zero-order chi connectivity index (χ0) is 22.0. The first-order valence-corrected chi connectivity index (χ1v) is 9.61. The van der Waals surface area contributed by atoms with Crippen LogP contribution in [-0.4, -0.2) is 26.8 Å². The maximum absolute atomic E-state index is 14.5. The monoisotopic (exact) mass is 430 g/mol. The molecule has 1 aliphatic rings. The maximum atomic E-state index is 14.5. The van der Waals surface area contributed by atoms with Gasteiger partial charge in [-0.2, -0.15) is 18.3 Å². The van der Waals surface area contributed by atoms with Crippen molar-refractivity contribution in [2.45, 2.75) is 31.5 Å². The number of hydrogen-bond donors (Lipinski definition) is 1. The van der Waals surface area contributed by atoms with E-state index in [2.05, 4.69) is 15.4 Å². The molecule has 0 spiro atoms. The zero-order valence-corrected chi connectivity index (χ0v) is 16.2. The Hall–Kier alpha value is -3.49. The summed E-state index contributed by atoms with van der Waals surface area (Å²) in [7, 11) is 0. The third-order valence-corrected chi connectivity index (χ3v) is 4.78. The molecule has 160 valence electrons. The lowest BCUT2D eigenvalue weighted by atomic mass is 10.0. The van der Waals surface area contributed by atoms with Gasteiger partial charge < -0.3 is 5.32 Å². The van der Waals surface area contributed by atoms with Gasteiger partial charge in [-0.05, 0) is 36.6 Å². The highest BCUT2D eigenvalue weighted by Crippen LogP contribution is 2.36. The van der Waals surface area contributed by atoms with Crippen molar-refractivity contribution in [3.05, 3.63) is 72.1 Å². The van der Waals surface area contributed by atoms with Crippen molar-refractivity contribution in [2.24, 2.45) is 0 Å². The topological polar surface area (TPSA) is 59.8 Å². The van der Waals surface area contributed by atoms with Gasteiger partial charge in [-0.3, -0.25) is 14.5 Å². The van der Waals surface area contributed by atoms with Crippen LogP contribution in [0.5, 0.6) is 0 Å². The van der Waals surface area contributed by atoms with E-state index in [0.717, 1.165) is 19.0 Å². The molecule has 0 saturated heterocycles. The Labute approximate surface area is 175 Å². The summed E-state index contributed by atoms with van der Waals surface area (Å²) in [4.78, 5) is 16.1. The standard InChI is InChI=1S/C22H18F4N4O/c23-19-12-27-10-15(21(19)16-11-28-30(13-16)18-6-7-18)3-8-20(31)29-17-4-1-14(2-5-17)9-22(24,25)26/h1-5,8,10-13,18H,6-7,9H2,(H,29,31)/b8-3+. The summed E-state index contributed by atoms with van der Waals surface area (Å²) in [5, 5.41) is 6.84. The first-order valence-electron chi connectivity index (χ1n) is 9.61. The van der Waals surface area contributed by atoms with Crippen LogP contribution in [0.2, 0.25) is 0 Å². The van der Waals surface area contributed by atoms with Crippen LogP contribution in [0.25, 0.3) is 17.2 Å². The number of nitrogens with one attached hydrogen (secondary N) is 1. The van der Waals surface area contributed by atoms with Crippen LogP contribution in [0.4, 0.5) is 23.2 Å². The van der Waals surface area contributed by atoms with Crippen LogP contribution < -0.4 is 5.32 Å². The summed E-state index contributed by atoms with van der Waals surface area (Å²) in [5.74, 6) is -1.04. The Kier molecular flexibility index (Phi) is 5.58. The Morgan fingerprint density at radius 1 is 1.16 bits per heavy atom. The quantitative estimate of drug-likeness (QED) is 0.433. The number of carbonyl (C=O) groups is 1. The summed E-state index contributed by atoms with van der Waals surface area (Å²) in [5.41, 5.74) is 1.74. The minimum Gasteiger partial charge on any atom is -0.323 e. The predicted molar refractivity (Wildman–Crippen MR) is 108 cm³/mol. The van der Waals surface area contributed by atoms with Gasteiger partial charge >= 0.3 is 6.18 Å². The molecule has 3 aromatic rings. The van der Waals surface area contributed by atoms with Gasteiger partial charge in [0.25, 0.3) is 0 Å². The molecule has 1 fully saturated rings. The van der Waals surface area contributed by atoms with Crippen molar-refractivity contribution in [2.75, 3.05) is 5.32 Å². The Balaban J connectivity index is 1.47. The van der Waals surface area contributed by atoms with Gasteiger partial charge in [-0.15, -0.1) is 0 Å². The highest BCUT2D eigenvalue weighted by Gasteiger charge is 2.27. The highest BCUT2D eigenvalue weighted by atomic mass is 19.4. The molecule has 4 rings (SSSR count). The number of pyridine rings is 1. The molecule has 0 radical (unpaired) electrons. The average Bonchev–Trinajstić information content (AvgIpc) is 3.44. The van der Waals surface area contributed by atoms with Crippen LogP contribution in [0.1, 0.15) is 30.0 Å². The third kappa shape index (κ3) is 5.36. The molecular weight excluding hydrogens is 412 g/mol. The number of carbonyl (C=O) groups excluding carboxylic acids is 1. The fraction of sp³-hybridized carbons (Fsp3) is 0.227. The summed E-state index contributed by atoms with van der Waals surface area (Å²) in [6.07, 6.45) is 5.32. The first kappa shape index (κ1) is 20.8. The van der Waals surface area contributed by atoms with E-state index in [1.165, 1.54) is 42.6 Å². The molecule has 0 atom stereocenters. The van der Waals surface area contributed by atoms with Crippen LogP contribution in [0.15, 0.2) is 55.1 Å². The smallest absolute Gasteiger partial charge is 0.323 e. The molecule has 1 N–H and O–H groups in total. The summed E-state index contributed by atoms with van der Waals surface area (Å²) < 4.78 is 53.6. The number of alkyl halides is 3. The van der Waals surface area contributed by atoms with E-state index in [0.29, 0.717) is 28.4 Å². The molecular formula is C22H18F4N4O. The molecule has 2 aromatic heterocycles. The second kappa shape index (κ2) is 8.33. The van der Waals surface area contributed by atoms with Gasteiger partial charge in [-0.1, -0.05) is 12.1 Å². The summed E-state index contributed by atoms with van der Waals surface area (Å²) in [6, 6.07) is 5.76. The van der Waals surface area contributed by atoms with E-state index in [1.54, 1.807) is 17.1 Å². The second-order valence-corrected chi connectivity index (χ2v) is 7.34. The Bertz CT molecular complexity index is 1120. The number of nitrogens with zero attached hydrogens (tertiary/aromatic N) is 3. The molecule has 1 aromatic carbocycles. The van der Waals surface area contributed by atoms with Gasteiger partial charge in [-0.25, -0.2) is 4.39 Å². The van der Waals surface area contributed by atoms with Gasteiger partial charge in [0.2, 0.25) is 5.91 Å². The van der Waals surface area contributed by atoms with E-state index in [4.69, 9.17) is 0 Å². The summed E-state index contributed by atoms with van der Waals surface area (Å²) >= 11 is 0. The van der Waals surface area contributed by atoms with E-state index in [-0.39, 0.29) is 5.56 Å². The molecule has 9 heteroatoms. The SMILES string of the molecule is O=C(/C=C/c1cncc(F)c1-c1cnn(C2CC2)c1)Nc1ccc(CC(F)(F)F)cc1. The Morgan fingerprint density at radius 3 is 2.58 bits per heavy atom. The molecule has 0 unspecified atom stereocenters.